The van der Waals surface area contributed by atoms with Crippen LogP contribution >= 0.6 is 23.1 Å². The molecule has 0 aliphatic rings. The van der Waals surface area contributed by atoms with Crippen LogP contribution in [0.15, 0.2) is 27.9 Å². The Balaban J connectivity index is 2.08. The standard InChI is InChI=1S/C14H15NO3S2/c1-9-7-19-14(15-9)20-8-12(16)11-5-4-10(17-2)6-13(11)18-3/h4-7H,8H2,1-3H3. The predicted molar refractivity (Wildman–Crippen MR) is 81.5 cm³/mol. The van der Waals surface area contributed by atoms with Crippen molar-refractivity contribution in [1.29, 1.82) is 0 Å². The molecule has 2 rings (SSSR count). The van der Waals surface area contributed by atoms with E-state index in [1.165, 1.54) is 11.8 Å². The number of benzene rings is 1. The maximum Gasteiger partial charge on any atom is 0.176 e. The van der Waals surface area contributed by atoms with Gasteiger partial charge in [-0.25, -0.2) is 4.98 Å². The number of rotatable bonds is 6. The van der Waals surface area contributed by atoms with Gasteiger partial charge in [-0.2, -0.15) is 0 Å². The number of carbonyl (C=O) groups is 1. The fourth-order valence-corrected chi connectivity index (χ4v) is 3.37. The first-order valence-electron chi connectivity index (χ1n) is 5.94. The normalized spacial score (nSPS) is 10.3. The molecular formula is C14H15NO3S2. The second-order valence-corrected chi connectivity index (χ2v) is 6.11. The lowest BCUT2D eigenvalue weighted by Crippen LogP contribution is -2.05. The molecule has 0 N–H and O–H groups in total. The minimum atomic E-state index is 0.0161. The van der Waals surface area contributed by atoms with E-state index >= 15 is 0 Å². The van der Waals surface area contributed by atoms with Crippen LogP contribution in [0.1, 0.15) is 16.1 Å². The van der Waals surface area contributed by atoms with Crippen LogP contribution in [0.3, 0.4) is 0 Å². The summed E-state index contributed by atoms with van der Waals surface area (Å²) in [5, 5.41) is 1.97. The number of carbonyl (C=O) groups excluding carboxylic acids is 1. The Kier molecular flexibility index (Phi) is 5.03. The van der Waals surface area contributed by atoms with Crippen molar-refractivity contribution < 1.29 is 14.3 Å². The molecule has 2 aromatic rings. The number of aromatic nitrogens is 1. The molecule has 0 radical (unpaired) electrons. The molecular weight excluding hydrogens is 294 g/mol. The van der Waals surface area contributed by atoms with E-state index in [4.69, 9.17) is 9.47 Å². The van der Waals surface area contributed by atoms with E-state index in [-0.39, 0.29) is 5.78 Å². The molecule has 0 aliphatic carbocycles. The summed E-state index contributed by atoms with van der Waals surface area (Å²) in [5.41, 5.74) is 1.54. The van der Waals surface area contributed by atoms with Gasteiger partial charge in [0.25, 0.3) is 0 Å². The van der Waals surface area contributed by atoms with Gasteiger partial charge < -0.3 is 9.47 Å². The average molecular weight is 309 g/mol. The number of hydrogen-bond donors (Lipinski definition) is 0. The van der Waals surface area contributed by atoms with Gasteiger partial charge in [0, 0.05) is 17.1 Å². The minimum absolute atomic E-state index is 0.0161. The molecule has 1 aromatic carbocycles. The van der Waals surface area contributed by atoms with Crippen molar-refractivity contribution >= 4 is 28.9 Å². The van der Waals surface area contributed by atoms with Gasteiger partial charge in [-0.1, -0.05) is 11.8 Å². The van der Waals surface area contributed by atoms with Crippen molar-refractivity contribution in [3.05, 3.63) is 34.8 Å². The maximum atomic E-state index is 12.2. The van der Waals surface area contributed by atoms with E-state index in [0.717, 1.165) is 10.0 Å². The van der Waals surface area contributed by atoms with Crippen molar-refractivity contribution in [3.8, 4) is 11.5 Å². The zero-order valence-corrected chi connectivity index (χ0v) is 13.1. The van der Waals surface area contributed by atoms with Crippen LogP contribution in [0.4, 0.5) is 0 Å². The number of Topliss-reactive ketones (excluding diaryl/α,β-unsaturated/α-hetero) is 1. The Hall–Kier alpha value is -1.53. The van der Waals surface area contributed by atoms with Gasteiger partial charge in [-0.15, -0.1) is 11.3 Å². The van der Waals surface area contributed by atoms with Gasteiger partial charge in [0.2, 0.25) is 0 Å². The topological polar surface area (TPSA) is 48.4 Å². The van der Waals surface area contributed by atoms with Crippen LogP contribution in [0, 0.1) is 6.92 Å². The summed E-state index contributed by atoms with van der Waals surface area (Å²) in [6.07, 6.45) is 0. The average Bonchev–Trinajstić information content (AvgIpc) is 2.89. The van der Waals surface area contributed by atoms with Gasteiger partial charge in [-0.05, 0) is 19.1 Å². The summed E-state index contributed by atoms with van der Waals surface area (Å²) in [6, 6.07) is 5.20. The number of ketones is 1. The molecule has 0 bridgehead atoms. The van der Waals surface area contributed by atoms with Crippen LogP contribution in [-0.4, -0.2) is 30.7 Å². The van der Waals surface area contributed by atoms with E-state index in [1.54, 1.807) is 43.8 Å². The second-order valence-electron chi connectivity index (χ2n) is 4.03. The zero-order chi connectivity index (χ0) is 14.5. The number of thioether (sulfide) groups is 1. The maximum absolute atomic E-state index is 12.2. The zero-order valence-electron chi connectivity index (χ0n) is 11.5. The van der Waals surface area contributed by atoms with Crippen molar-refractivity contribution in [2.75, 3.05) is 20.0 Å². The molecule has 1 aromatic heterocycles. The molecule has 106 valence electrons. The third-order valence-corrected chi connectivity index (χ3v) is 4.77. The number of ether oxygens (including phenoxy) is 2. The lowest BCUT2D eigenvalue weighted by molar-refractivity contribution is 0.101. The van der Waals surface area contributed by atoms with E-state index in [1.807, 2.05) is 12.3 Å². The van der Waals surface area contributed by atoms with Gasteiger partial charge >= 0.3 is 0 Å². The molecule has 6 heteroatoms. The highest BCUT2D eigenvalue weighted by molar-refractivity contribution is 8.01. The summed E-state index contributed by atoms with van der Waals surface area (Å²) in [7, 11) is 3.12. The highest BCUT2D eigenvalue weighted by atomic mass is 32.2. The molecule has 0 spiro atoms. The SMILES string of the molecule is COc1ccc(C(=O)CSc2nc(C)cs2)c(OC)c1. The van der Waals surface area contributed by atoms with E-state index < -0.39 is 0 Å². The van der Waals surface area contributed by atoms with Crippen LogP contribution in [0.5, 0.6) is 11.5 Å². The van der Waals surface area contributed by atoms with Gasteiger partial charge in [-0.3, -0.25) is 4.79 Å². The number of hydrogen-bond acceptors (Lipinski definition) is 6. The molecule has 0 unspecified atom stereocenters. The van der Waals surface area contributed by atoms with Crippen molar-refractivity contribution in [1.82, 2.24) is 4.98 Å². The molecule has 4 nitrogen and oxygen atoms in total. The minimum Gasteiger partial charge on any atom is -0.497 e. The highest BCUT2D eigenvalue weighted by Gasteiger charge is 2.14. The van der Waals surface area contributed by atoms with Gasteiger partial charge in [0.1, 0.15) is 11.5 Å². The summed E-state index contributed by atoms with van der Waals surface area (Å²) in [5.74, 6) is 1.56. The smallest absolute Gasteiger partial charge is 0.176 e. The van der Waals surface area contributed by atoms with Gasteiger partial charge in [0.05, 0.1) is 25.5 Å². The summed E-state index contributed by atoms with van der Waals surface area (Å²) in [6.45, 7) is 1.94. The second kappa shape index (κ2) is 6.76. The Morgan fingerprint density at radius 2 is 2.15 bits per heavy atom. The van der Waals surface area contributed by atoms with E-state index in [0.29, 0.717) is 22.8 Å². The first-order chi connectivity index (χ1) is 9.63. The monoisotopic (exact) mass is 309 g/mol. The lowest BCUT2D eigenvalue weighted by Gasteiger charge is -2.09. The number of nitrogens with zero attached hydrogens (tertiary/aromatic N) is 1. The van der Waals surface area contributed by atoms with Crippen molar-refractivity contribution in [2.45, 2.75) is 11.3 Å². The third-order valence-electron chi connectivity index (χ3n) is 2.63. The lowest BCUT2D eigenvalue weighted by atomic mass is 10.1. The van der Waals surface area contributed by atoms with Crippen LogP contribution in [0.25, 0.3) is 0 Å². The van der Waals surface area contributed by atoms with E-state index in [9.17, 15) is 4.79 Å². The molecule has 0 saturated carbocycles. The summed E-state index contributed by atoms with van der Waals surface area (Å²) in [4.78, 5) is 16.6. The molecule has 1 heterocycles. The Labute approximate surface area is 126 Å². The van der Waals surface area contributed by atoms with Crippen LogP contribution < -0.4 is 9.47 Å². The quantitative estimate of drug-likeness (QED) is 0.604. The number of thiazole rings is 1. The Morgan fingerprint density at radius 3 is 2.75 bits per heavy atom. The van der Waals surface area contributed by atoms with Crippen LogP contribution in [0.2, 0.25) is 0 Å². The molecule has 0 atom stereocenters. The summed E-state index contributed by atoms with van der Waals surface area (Å²) >= 11 is 3.00. The van der Waals surface area contributed by atoms with Crippen molar-refractivity contribution in [2.24, 2.45) is 0 Å². The fraction of sp³-hybridized carbons (Fsp3) is 0.286. The van der Waals surface area contributed by atoms with Gasteiger partial charge in [0.15, 0.2) is 10.1 Å². The fourth-order valence-electron chi connectivity index (χ4n) is 1.63. The first-order valence-corrected chi connectivity index (χ1v) is 7.80. The van der Waals surface area contributed by atoms with Crippen LogP contribution in [-0.2, 0) is 0 Å². The largest absolute Gasteiger partial charge is 0.497 e. The number of aryl methyl sites for hydroxylation is 1. The summed E-state index contributed by atoms with van der Waals surface area (Å²) < 4.78 is 11.3. The molecule has 0 amide bonds. The predicted octanol–water partition coefficient (Wildman–Crippen LogP) is 3.44. The van der Waals surface area contributed by atoms with Crippen molar-refractivity contribution in [3.63, 3.8) is 0 Å². The molecule has 0 aliphatic heterocycles. The third kappa shape index (κ3) is 3.52. The van der Waals surface area contributed by atoms with E-state index in [2.05, 4.69) is 4.98 Å². The molecule has 0 saturated heterocycles. The Morgan fingerprint density at radius 1 is 1.35 bits per heavy atom. The highest BCUT2D eigenvalue weighted by Crippen LogP contribution is 2.28. The molecule has 20 heavy (non-hydrogen) atoms. The number of methoxy groups -OCH3 is 2. The Bertz CT molecular complexity index is 610. The first kappa shape index (κ1) is 14.9. The molecule has 0 fully saturated rings.